The molecule has 1 aromatic carbocycles. The summed E-state index contributed by atoms with van der Waals surface area (Å²) in [6.07, 6.45) is 0.780. The number of hydrogen-bond donors (Lipinski definition) is 4. The van der Waals surface area contributed by atoms with Gasteiger partial charge in [-0.25, -0.2) is 22.0 Å². The van der Waals surface area contributed by atoms with E-state index in [0.29, 0.717) is 38.6 Å². The number of ether oxygens (including phenoxy) is 2. The lowest BCUT2D eigenvalue weighted by atomic mass is 9.92. The molecule has 17 heteroatoms. The molecule has 4 aliphatic heterocycles. The number of alkyl halides is 2. The van der Waals surface area contributed by atoms with Crippen LogP contribution in [0.1, 0.15) is 61.6 Å². The van der Waals surface area contributed by atoms with E-state index < -0.39 is 93.6 Å². The lowest BCUT2D eigenvalue weighted by Crippen LogP contribution is -2.58. The highest BCUT2D eigenvalue weighted by atomic mass is 32.2. The first kappa shape index (κ1) is 36.4. The molecule has 1 aromatic rings. The molecule has 6 bridgehead atoms. The standard InChI is InChI=1S/C34H41F2N5O9S/c1-2-21-16-34(21,32(45)40-51(47,48)23-10-11-23)39-29(42)27-14-22-18-41(27)30(43)25(15-28(35)36)38-33(46)49-12-5-3-4-7-19-8-6-9-20-13-26(31(44)50-22)37-17-24(19)20/h2,4,6-9,21-23,25-28,37H,1,3,5,10-18H2,(H,38,46)(H,39,42)(H,40,45)/b7-4+/t21-,22+,25-,26?,27-,34+/m0/s1. The third-order valence-corrected chi connectivity index (χ3v) is 11.8. The van der Waals surface area contributed by atoms with Crippen molar-refractivity contribution in [3.05, 3.63) is 53.6 Å². The highest BCUT2D eigenvalue weighted by Gasteiger charge is 2.62. The fourth-order valence-corrected chi connectivity index (χ4v) is 8.27. The molecule has 1 unspecified atom stereocenters. The second kappa shape index (κ2) is 14.7. The third-order valence-electron chi connectivity index (χ3n) is 9.97. The Morgan fingerprint density at radius 1 is 1.20 bits per heavy atom. The summed E-state index contributed by atoms with van der Waals surface area (Å²) >= 11 is 0. The molecule has 0 spiro atoms. The SMILES string of the molecule is C=C[C@H]1C[C@]1(NC(=O)[C@@H]1C[C@@H]2CN1C(=O)[C@H](CC(F)F)NC(=O)OCCC/C=C/c1cccc3c1CNC(C3)C(=O)O2)C(=O)NS(=O)(=O)C1CC1. The molecule has 0 aromatic heterocycles. The van der Waals surface area contributed by atoms with Gasteiger partial charge in [0, 0.05) is 25.3 Å². The Labute approximate surface area is 293 Å². The van der Waals surface area contributed by atoms with Crippen molar-refractivity contribution in [1.82, 2.24) is 25.6 Å². The quantitative estimate of drug-likeness (QED) is 0.225. The minimum Gasteiger partial charge on any atom is -0.459 e. The molecular formula is C34H41F2N5O9S. The number of esters is 1. The number of amides is 4. The summed E-state index contributed by atoms with van der Waals surface area (Å²) in [6, 6.07) is 1.76. The minimum absolute atomic E-state index is 0.0286. The fourth-order valence-electron chi connectivity index (χ4n) is 6.90. The normalized spacial score (nSPS) is 30.5. The Balaban J connectivity index is 1.26. The molecule has 51 heavy (non-hydrogen) atoms. The van der Waals surface area contributed by atoms with E-state index in [1.165, 1.54) is 6.08 Å². The lowest BCUT2D eigenvalue weighted by Gasteiger charge is -2.29. The zero-order chi connectivity index (χ0) is 36.5. The summed E-state index contributed by atoms with van der Waals surface area (Å²) in [5.74, 6) is -4.18. The Morgan fingerprint density at radius 3 is 2.69 bits per heavy atom. The first-order valence-corrected chi connectivity index (χ1v) is 18.6. The number of carbonyl (C=O) groups is 5. The number of fused-ring (bicyclic) bond motifs is 10. The molecule has 6 aliphatic rings. The minimum atomic E-state index is -3.97. The van der Waals surface area contributed by atoms with Crippen LogP contribution in [-0.2, 0) is 51.6 Å². The van der Waals surface area contributed by atoms with Gasteiger partial charge in [0.2, 0.25) is 28.3 Å². The summed E-state index contributed by atoms with van der Waals surface area (Å²) in [6.45, 7) is 3.61. The predicted octanol–water partition coefficient (Wildman–Crippen LogP) is 1.44. The Bertz CT molecular complexity index is 1740. The molecule has 3 fully saturated rings. The predicted molar refractivity (Wildman–Crippen MR) is 177 cm³/mol. The summed E-state index contributed by atoms with van der Waals surface area (Å²) in [5, 5.41) is 7.27. The third kappa shape index (κ3) is 8.08. The van der Waals surface area contributed by atoms with Crippen LogP contribution in [0.4, 0.5) is 13.6 Å². The highest BCUT2D eigenvalue weighted by molar-refractivity contribution is 7.91. The van der Waals surface area contributed by atoms with Crippen molar-refractivity contribution in [2.75, 3.05) is 13.2 Å². The number of sulfonamides is 1. The van der Waals surface area contributed by atoms with Crippen molar-refractivity contribution in [1.29, 1.82) is 0 Å². The number of alkyl carbamates (subject to hydrolysis) is 1. The molecule has 4 N–H and O–H groups in total. The Kier molecular flexibility index (Phi) is 10.5. The van der Waals surface area contributed by atoms with Crippen LogP contribution in [-0.4, -0.2) is 97.7 Å². The van der Waals surface area contributed by atoms with E-state index in [9.17, 15) is 41.2 Å². The number of rotatable bonds is 8. The van der Waals surface area contributed by atoms with Gasteiger partial charge in [0.1, 0.15) is 29.8 Å². The molecule has 276 valence electrons. The number of nitrogens with zero attached hydrogens (tertiary/aromatic N) is 1. The highest BCUT2D eigenvalue weighted by Crippen LogP contribution is 2.45. The van der Waals surface area contributed by atoms with Gasteiger partial charge in [-0.2, -0.15) is 0 Å². The number of carbonyl (C=O) groups excluding carboxylic acids is 5. The zero-order valence-corrected chi connectivity index (χ0v) is 28.6. The van der Waals surface area contributed by atoms with Gasteiger partial charge < -0.3 is 25.0 Å². The maximum atomic E-state index is 14.0. The molecule has 1 saturated heterocycles. The topological polar surface area (TPSA) is 189 Å². The van der Waals surface area contributed by atoms with Gasteiger partial charge in [0.15, 0.2) is 0 Å². The molecule has 7 rings (SSSR count). The monoisotopic (exact) mass is 733 g/mol. The largest absolute Gasteiger partial charge is 0.459 e. The van der Waals surface area contributed by atoms with Gasteiger partial charge in [0.25, 0.3) is 5.91 Å². The van der Waals surface area contributed by atoms with Crippen molar-refractivity contribution < 1.29 is 50.6 Å². The number of halogens is 2. The van der Waals surface area contributed by atoms with Gasteiger partial charge in [-0.15, -0.1) is 6.58 Å². The van der Waals surface area contributed by atoms with Gasteiger partial charge in [-0.05, 0) is 55.2 Å². The van der Waals surface area contributed by atoms with Crippen LogP contribution in [0.15, 0.2) is 36.9 Å². The summed E-state index contributed by atoms with van der Waals surface area (Å²) in [4.78, 5) is 68.2. The van der Waals surface area contributed by atoms with E-state index in [1.54, 1.807) is 0 Å². The summed E-state index contributed by atoms with van der Waals surface area (Å²) in [5.41, 5.74) is 1.23. The Hall–Kier alpha value is -4.38. The van der Waals surface area contributed by atoms with Gasteiger partial charge in [-0.1, -0.05) is 36.4 Å². The van der Waals surface area contributed by atoms with E-state index in [0.717, 1.165) is 21.6 Å². The molecule has 4 amide bonds. The number of allylic oxidation sites excluding steroid dienone is 1. The zero-order valence-electron chi connectivity index (χ0n) is 27.8. The van der Waals surface area contributed by atoms with Crippen molar-refractivity contribution in [2.45, 2.75) is 99.4 Å². The van der Waals surface area contributed by atoms with Crippen molar-refractivity contribution in [3.63, 3.8) is 0 Å². The maximum absolute atomic E-state index is 14.0. The Morgan fingerprint density at radius 2 is 1.98 bits per heavy atom. The van der Waals surface area contributed by atoms with E-state index in [1.807, 2.05) is 35.1 Å². The maximum Gasteiger partial charge on any atom is 0.407 e. The summed E-state index contributed by atoms with van der Waals surface area (Å²) < 4.78 is 65.6. The van der Waals surface area contributed by atoms with Crippen LogP contribution in [0.25, 0.3) is 6.08 Å². The van der Waals surface area contributed by atoms with Crippen molar-refractivity contribution in [3.8, 4) is 0 Å². The fraction of sp³-hybridized carbons (Fsp3) is 0.559. The number of benzene rings is 1. The van der Waals surface area contributed by atoms with Crippen LogP contribution < -0.4 is 20.7 Å². The summed E-state index contributed by atoms with van der Waals surface area (Å²) in [7, 11) is -3.97. The number of hydrogen-bond acceptors (Lipinski definition) is 10. The molecule has 2 aliphatic carbocycles. The van der Waals surface area contributed by atoms with Crippen LogP contribution in [0.5, 0.6) is 0 Å². The second-order valence-corrected chi connectivity index (χ2v) is 15.6. The molecule has 4 heterocycles. The first-order chi connectivity index (χ1) is 24.3. The van der Waals surface area contributed by atoms with Crippen molar-refractivity contribution >= 4 is 45.9 Å². The van der Waals surface area contributed by atoms with Gasteiger partial charge in [0.05, 0.1) is 18.4 Å². The van der Waals surface area contributed by atoms with E-state index in [4.69, 9.17) is 9.47 Å². The number of nitrogens with one attached hydrogen (secondary N) is 4. The second-order valence-electron chi connectivity index (χ2n) is 13.6. The molecule has 2 saturated carbocycles. The van der Waals surface area contributed by atoms with Crippen LogP contribution in [0.3, 0.4) is 0 Å². The van der Waals surface area contributed by atoms with Crippen LogP contribution >= 0.6 is 0 Å². The molecule has 14 nitrogen and oxygen atoms in total. The first-order valence-electron chi connectivity index (χ1n) is 17.0. The van der Waals surface area contributed by atoms with Crippen molar-refractivity contribution in [2.24, 2.45) is 5.92 Å². The van der Waals surface area contributed by atoms with Gasteiger partial charge >= 0.3 is 12.1 Å². The van der Waals surface area contributed by atoms with E-state index >= 15 is 0 Å². The average molecular weight is 734 g/mol. The lowest BCUT2D eigenvalue weighted by molar-refractivity contribution is -0.152. The van der Waals surface area contributed by atoms with E-state index in [2.05, 4.69) is 22.5 Å². The molecule has 6 atom stereocenters. The molecule has 0 radical (unpaired) electrons. The van der Waals surface area contributed by atoms with E-state index in [-0.39, 0.29) is 26.0 Å². The smallest absolute Gasteiger partial charge is 0.407 e. The molecular weight excluding hydrogens is 692 g/mol. The average Bonchev–Trinajstić information content (AvgIpc) is 4.01. The van der Waals surface area contributed by atoms with Crippen LogP contribution in [0.2, 0.25) is 0 Å². The van der Waals surface area contributed by atoms with Gasteiger partial charge in [-0.3, -0.25) is 29.2 Å². The van der Waals surface area contributed by atoms with Crippen LogP contribution in [0, 0.1) is 5.92 Å².